The minimum Gasteiger partial charge on any atom is -0.300 e. The highest BCUT2D eigenvalue weighted by molar-refractivity contribution is 5.79. The van der Waals surface area contributed by atoms with Crippen molar-refractivity contribution >= 4 is 5.78 Å². The average Bonchev–Trinajstić information content (AvgIpc) is 2.20. The first-order valence-corrected chi connectivity index (χ1v) is 5.34. The molecule has 0 radical (unpaired) electrons. The molecule has 0 spiro atoms. The highest BCUT2D eigenvalue weighted by Gasteiger charge is 2.20. The first-order valence-electron chi connectivity index (χ1n) is 5.34. The van der Waals surface area contributed by atoms with E-state index in [2.05, 4.69) is 31.2 Å². The Morgan fingerprint density at radius 2 is 1.79 bits per heavy atom. The second-order valence-corrected chi connectivity index (χ2v) is 4.17. The van der Waals surface area contributed by atoms with Crippen molar-refractivity contribution in [1.82, 2.24) is 0 Å². The third-order valence-electron chi connectivity index (χ3n) is 3.17. The van der Waals surface area contributed by atoms with Crippen LogP contribution >= 0.6 is 0 Å². The van der Waals surface area contributed by atoms with Gasteiger partial charge in [0.1, 0.15) is 5.78 Å². The zero-order chi connectivity index (χ0) is 9.97. The van der Waals surface area contributed by atoms with Gasteiger partial charge in [-0.3, -0.25) is 4.79 Å². The van der Waals surface area contributed by atoms with Crippen molar-refractivity contribution in [3.8, 4) is 0 Å². The summed E-state index contributed by atoms with van der Waals surface area (Å²) in [5, 5.41) is 0. The highest BCUT2D eigenvalue weighted by Crippen LogP contribution is 2.32. The Morgan fingerprint density at radius 1 is 1.14 bits per heavy atom. The maximum Gasteiger partial charge on any atom is 0.132 e. The molecule has 0 bridgehead atoms. The molecule has 0 N–H and O–H groups in total. The number of carbonyl (C=O) groups excluding carboxylic acids is 1. The van der Waals surface area contributed by atoms with Crippen LogP contribution in [0.4, 0.5) is 0 Å². The molecule has 1 saturated carbocycles. The van der Waals surface area contributed by atoms with Crippen molar-refractivity contribution in [3.63, 3.8) is 0 Å². The Morgan fingerprint density at radius 3 is 2.43 bits per heavy atom. The van der Waals surface area contributed by atoms with Crippen LogP contribution in [0.5, 0.6) is 0 Å². The van der Waals surface area contributed by atoms with Gasteiger partial charge in [0, 0.05) is 12.8 Å². The van der Waals surface area contributed by atoms with Crippen molar-refractivity contribution < 1.29 is 4.79 Å². The van der Waals surface area contributed by atoms with Crippen LogP contribution in [0.15, 0.2) is 24.3 Å². The molecule has 1 fully saturated rings. The van der Waals surface area contributed by atoms with Crippen molar-refractivity contribution in [2.24, 2.45) is 0 Å². The summed E-state index contributed by atoms with van der Waals surface area (Å²) in [6.07, 6.45) is 3.64. The quantitative estimate of drug-likeness (QED) is 0.661. The number of carbonyl (C=O) groups is 1. The first-order chi connectivity index (χ1) is 6.77. The van der Waals surface area contributed by atoms with Gasteiger partial charge in [0.05, 0.1) is 0 Å². The van der Waals surface area contributed by atoms with Crippen LogP contribution in [0.25, 0.3) is 0 Å². The Labute approximate surface area is 85.1 Å². The smallest absolute Gasteiger partial charge is 0.132 e. The predicted octanol–water partition coefficient (Wildman–Crippen LogP) is 3.22. The number of ketones is 1. The summed E-state index contributed by atoms with van der Waals surface area (Å²) in [7, 11) is 0. The van der Waals surface area contributed by atoms with E-state index in [0.717, 1.165) is 25.7 Å². The second kappa shape index (κ2) is 3.95. The zero-order valence-electron chi connectivity index (χ0n) is 8.62. The summed E-state index contributed by atoms with van der Waals surface area (Å²) in [5.74, 6) is 1.06. The van der Waals surface area contributed by atoms with Crippen LogP contribution in [0.3, 0.4) is 0 Å². The molecule has 2 rings (SSSR count). The van der Waals surface area contributed by atoms with Gasteiger partial charge in [0.25, 0.3) is 0 Å². The fourth-order valence-electron chi connectivity index (χ4n) is 2.30. The maximum absolute atomic E-state index is 11.1. The molecule has 1 nitrogen and oxygen atoms in total. The summed E-state index contributed by atoms with van der Waals surface area (Å²) < 4.78 is 0. The van der Waals surface area contributed by atoms with Crippen molar-refractivity contribution in [3.05, 3.63) is 35.4 Å². The van der Waals surface area contributed by atoms with Gasteiger partial charge in [-0.05, 0) is 36.8 Å². The topological polar surface area (TPSA) is 17.1 Å². The highest BCUT2D eigenvalue weighted by atomic mass is 16.1. The van der Waals surface area contributed by atoms with Gasteiger partial charge in [-0.15, -0.1) is 0 Å². The van der Waals surface area contributed by atoms with Gasteiger partial charge < -0.3 is 0 Å². The fraction of sp³-hybridized carbons (Fsp3) is 0.462. The molecule has 14 heavy (non-hydrogen) atoms. The van der Waals surface area contributed by atoms with Gasteiger partial charge in [-0.2, -0.15) is 0 Å². The first kappa shape index (κ1) is 9.45. The Bertz CT molecular complexity index is 331. The molecular formula is C13H16O. The monoisotopic (exact) mass is 188 g/mol. The summed E-state index contributed by atoms with van der Waals surface area (Å²) in [6.45, 7) is 2.16. The summed E-state index contributed by atoms with van der Waals surface area (Å²) in [4.78, 5) is 11.1. The van der Waals surface area contributed by atoms with Crippen molar-refractivity contribution in [1.29, 1.82) is 0 Å². The van der Waals surface area contributed by atoms with Gasteiger partial charge in [-0.1, -0.05) is 24.3 Å². The normalized spacial score (nSPS) is 18.5. The van der Waals surface area contributed by atoms with Gasteiger partial charge in [-0.25, -0.2) is 0 Å². The largest absolute Gasteiger partial charge is 0.300 e. The molecule has 1 aromatic carbocycles. The van der Waals surface area contributed by atoms with E-state index in [1.165, 1.54) is 11.1 Å². The van der Waals surface area contributed by atoms with E-state index in [1.807, 2.05) is 0 Å². The molecule has 0 saturated heterocycles. The number of benzene rings is 1. The molecule has 1 aliphatic carbocycles. The molecule has 0 heterocycles. The molecule has 0 aromatic heterocycles. The lowest BCUT2D eigenvalue weighted by Crippen LogP contribution is -2.13. The average molecular weight is 188 g/mol. The molecule has 0 atom stereocenters. The fourth-order valence-corrected chi connectivity index (χ4v) is 2.30. The van der Waals surface area contributed by atoms with Crippen LogP contribution in [-0.2, 0) is 4.79 Å². The molecule has 0 unspecified atom stereocenters. The summed E-state index contributed by atoms with van der Waals surface area (Å²) >= 11 is 0. The SMILES string of the molecule is Cc1ccccc1C1CCC(=O)CC1. The predicted molar refractivity (Wildman–Crippen MR) is 57.4 cm³/mol. The maximum atomic E-state index is 11.1. The third kappa shape index (κ3) is 1.87. The lowest BCUT2D eigenvalue weighted by Gasteiger charge is -2.22. The van der Waals surface area contributed by atoms with Crippen LogP contribution in [-0.4, -0.2) is 5.78 Å². The second-order valence-electron chi connectivity index (χ2n) is 4.17. The van der Waals surface area contributed by atoms with E-state index in [-0.39, 0.29) is 0 Å². The summed E-state index contributed by atoms with van der Waals surface area (Å²) in [6, 6.07) is 8.53. The lowest BCUT2D eigenvalue weighted by molar-refractivity contribution is -0.120. The van der Waals surface area contributed by atoms with E-state index < -0.39 is 0 Å². The van der Waals surface area contributed by atoms with E-state index >= 15 is 0 Å². The Balaban J connectivity index is 2.16. The van der Waals surface area contributed by atoms with E-state index in [0.29, 0.717) is 11.7 Å². The van der Waals surface area contributed by atoms with Gasteiger partial charge >= 0.3 is 0 Å². The van der Waals surface area contributed by atoms with E-state index in [4.69, 9.17) is 0 Å². The molecule has 1 heteroatoms. The summed E-state index contributed by atoms with van der Waals surface area (Å²) in [5.41, 5.74) is 2.81. The molecular weight excluding hydrogens is 172 g/mol. The van der Waals surface area contributed by atoms with Gasteiger partial charge in [0.2, 0.25) is 0 Å². The molecule has 0 amide bonds. The van der Waals surface area contributed by atoms with E-state index in [9.17, 15) is 4.79 Å². The minimum absolute atomic E-state index is 0.440. The molecule has 74 valence electrons. The zero-order valence-corrected chi connectivity index (χ0v) is 8.62. The Kier molecular flexibility index (Phi) is 2.67. The number of aryl methyl sites for hydroxylation is 1. The number of rotatable bonds is 1. The minimum atomic E-state index is 0.440. The van der Waals surface area contributed by atoms with Gasteiger partial charge in [0.15, 0.2) is 0 Å². The van der Waals surface area contributed by atoms with Crippen LogP contribution in [0.1, 0.15) is 42.7 Å². The molecule has 1 aliphatic rings. The van der Waals surface area contributed by atoms with Crippen LogP contribution < -0.4 is 0 Å². The number of Topliss-reactive ketones (excluding diaryl/α,β-unsaturated/α-hetero) is 1. The number of hydrogen-bond acceptors (Lipinski definition) is 1. The van der Waals surface area contributed by atoms with Crippen molar-refractivity contribution in [2.75, 3.05) is 0 Å². The van der Waals surface area contributed by atoms with Crippen molar-refractivity contribution in [2.45, 2.75) is 38.5 Å². The lowest BCUT2D eigenvalue weighted by atomic mass is 9.82. The standard InChI is InChI=1S/C13H16O/c1-10-4-2-3-5-13(10)11-6-8-12(14)9-7-11/h2-5,11H,6-9H2,1H3. The number of hydrogen-bond donors (Lipinski definition) is 0. The van der Waals surface area contributed by atoms with Crippen LogP contribution in [0.2, 0.25) is 0 Å². The third-order valence-corrected chi connectivity index (χ3v) is 3.17. The molecule has 0 aliphatic heterocycles. The van der Waals surface area contributed by atoms with Crippen LogP contribution in [0, 0.1) is 6.92 Å². The van der Waals surface area contributed by atoms with E-state index in [1.54, 1.807) is 0 Å². The molecule has 1 aromatic rings. The Hall–Kier alpha value is -1.11.